The minimum Gasteiger partial charge on any atom is -0.465 e. The van der Waals surface area contributed by atoms with Crippen molar-refractivity contribution in [3.05, 3.63) is 58.9 Å². The van der Waals surface area contributed by atoms with Gasteiger partial charge in [-0.3, -0.25) is 4.98 Å². The zero-order valence-corrected chi connectivity index (χ0v) is 18.9. The Morgan fingerprint density at radius 3 is 2.73 bits per heavy atom. The van der Waals surface area contributed by atoms with Crippen LogP contribution in [0.25, 0.3) is 20.0 Å². The molecule has 3 heterocycles. The van der Waals surface area contributed by atoms with E-state index in [0.29, 0.717) is 20.7 Å². The minimum atomic E-state index is -4.47. The molecule has 1 aromatic carbocycles. The molecule has 0 aliphatic rings. The molecule has 1 amide bonds. The molecule has 172 valence electrons. The lowest BCUT2D eigenvalue weighted by atomic mass is 10.0. The Morgan fingerprint density at radius 2 is 2.00 bits per heavy atom. The average molecular weight is 514 g/mol. The van der Waals surface area contributed by atoms with Crippen LogP contribution < -0.4 is 10.6 Å². The van der Waals surface area contributed by atoms with Crippen molar-refractivity contribution in [3.8, 4) is 9.88 Å². The number of carboxylic acid groups (broad SMARTS) is 1. The third kappa shape index (κ3) is 5.70. The summed E-state index contributed by atoms with van der Waals surface area (Å²) in [7, 11) is 0. The topological polar surface area (TPSA) is 100 Å². The van der Waals surface area contributed by atoms with E-state index < -0.39 is 23.9 Å². The number of aromatic nitrogens is 3. The number of alkyl halides is 3. The fourth-order valence-corrected chi connectivity index (χ4v) is 5.26. The summed E-state index contributed by atoms with van der Waals surface area (Å²) < 4.78 is 39.8. The molecule has 13 heteroatoms. The molecular formula is C20H15ClF3N5O2S2. The van der Waals surface area contributed by atoms with Crippen molar-refractivity contribution < 1.29 is 23.1 Å². The zero-order chi connectivity index (χ0) is 23.6. The predicted molar refractivity (Wildman–Crippen MR) is 122 cm³/mol. The van der Waals surface area contributed by atoms with Crippen molar-refractivity contribution in [2.24, 2.45) is 0 Å². The molecule has 0 unspecified atom stereocenters. The number of hydrogen-bond donors (Lipinski definition) is 3. The van der Waals surface area contributed by atoms with E-state index >= 15 is 0 Å². The number of nitrogens with one attached hydrogen (secondary N) is 2. The van der Waals surface area contributed by atoms with Crippen LogP contribution in [0, 0.1) is 0 Å². The summed E-state index contributed by atoms with van der Waals surface area (Å²) in [6, 6.07) is 6.02. The van der Waals surface area contributed by atoms with Gasteiger partial charge in [0.05, 0.1) is 26.2 Å². The molecule has 0 saturated heterocycles. The summed E-state index contributed by atoms with van der Waals surface area (Å²) in [5.74, 6) is 0. The third-order valence-corrected chi connectivity index (χ3v) is 7.02. The second kappa shape index (κ2) is 9.49. The van der Waals surface area contributed by atoms with Gasteiger partial charge in [0.1, 0.15) is 0 Å². The summed E-state index contributed by atoms with van der Waals surface area (Å²) in [5, 5.41) is 25.2. The smallest absolute Gasteiger partial charge is 0.416 e. The molecular weight excluding hydrogens is 499 g/mol. The van der Waals surface area contributed by atoms with Gasteiger partial charge in [0, 0.05) is 24.3 Å². The van der Waals surface area contributed by atoms with Crippen LogP contribution >= 0.6 is 34.3 Å². The van der Waals surface area contributed by atoms with Crippen LogP contribution in [0.5, 0.6) is 0 Å². The van der Waals surface area contributed by atoms with Crippen LogP contribution in [0.4, 0.5) is 23.1 Å². The van der Waals surface area contributed by atoms with Crippen LogP contribution in [0.2, 0.25) is 5.02 Å². The second-order valence-electron chi connectivity index (χ2n) is 6.99. The molecule has 4 rings (SSSR count). The van der Waals surface area contributed by atoms with E-state index in [1.54, 1.807) is 12.4 Å². The van der Waals surface area contributed by atoms with Crippen molar-refractivity contribution in [3.63, 3.8) is 0 Å². The van der Waals surface area contributed by atoms with Crippen molar-refractivity contribution in [1.29, 1.82) is 0 Å². The first-order chi connectivity index (χ1) is 15.7. The first kappa shape index (κ1) is 23.2. The number of anilines is 1. The van der Waals surface area contributed by atoms with Gasteiger partial charge < -0.3 is 15.7 Å². The van der Waals surface area contributed by atoms with Crippen LogP contribution in [-0.4, -0.2) is 39.0 Å². The van der Waals surface area contributed by atoms with Crippen LogP contribution in [0.15, 0.2) is 42.7 Å². The number of nitrogens with zero attached hydrogens (tertiary/aromatic N) is 3. The quantitative estimate of drug-likeness (QED) is 0.290. The zero-order valence-electron chi connectivity index (χ0n) is 16.6. The van der Waals surface area contributed by atoms with E-state index in [4.69, 9.17) is 16.7 Å². The molecule has 0 radical (unpaired) electrons. The van der Waals surface area contributed by atoms with Crippen molar-refractivity contribution in [1.82, 2.24) is 20.5 Å². The Bertz CT molecular complexity index is 1290. The molecule has 33 heavy (non-hydrogen) atoms. The summed E-state index contributed by atoms with van der Waals surface area (Å²) in [4.78, 5) is 16.1. The third-order valence-electron chi connectivity index (χ3n) is 4.60. The van der Waals surface area contributed by atoms with E-state index in [1.165, 1.54) is 34.8 Å². The highest BCUT2D eigenvalue weighted by atomic mass is 35.5. The highest BCUT2D eigenvalue weighted by molar-refractivity contribution is 7.26. The summed E-state index contributed by atoms with van der Waals surface area (Å²) in [5.41, 5.74) is -0.423. The average Bonchev–Trinajstić information content (AvgIpc) is 3.39. The molecule has 0 saturated carbocycles. The van der Waals surface area contributed by atoms with Gasteiger partial charge in [-0.2, -0.15) is 13.2 Å². The first-order valence-corrected chi connectivity index (χ1v) is 11.5. The fraction of sp³-hybridized carbons (Fsp3) is 0.200. The van der Waals surface area contributed by atoms with E-state index in [-0.39, 0.29) is 13.0 Å². The molecule has 0 aliphatic carbocycles. The lowest BCUT2D eigenvalue weighted by molar-refractivity contribution is -0.137. The standard InChI is InChI=1S/C20H15ClF3N5O2S2/c21-14-8-25-9-16-13(14)6-15(32-16)17-28-29-18(33-17)26-7-12(27-19(30)31)5-10-2-1-3-11(4-10)20(22,23)24/h1-4,6,8-9,12,27H,5,7H2,(H,26,29)(H,30,31)/t12-/m0/s1. The maximum absolute atomic E-state index is 13.0. The predicted octanol–water partition coefficient (Wildman–Crippen LogP) is 5.78. The lowest BCUT2D eigenvalue weighted by Gasteiger charge is -2.18. The largest absolute Gasteiger partial charge is 0.465 e. The highest BCUT2D eigenvalue weighted by Crippen LogP contribution is 2.38. The van der Waals surface area contributed by atoms with Gasteiger partial charge in [-0.25, -0.2) is 4.79 Å². The number of fused-ring (bicyclic) bond motifs is 1. The number of carbonyl (C=O) groups is 1. The van der Waals surface area contributed by atoms with Crippen molar-refractivity contribution in [2.45, 2.75) is 18.6 Å². The van der Waals surface area contributed by atoms with Gasteiger partial charge in [0.15, 0.2) is 5.01 Å². The van der Waals surface area contributed by atoms with Crippen LogP contribution in [-0.2, 0) is 12.6 Å². The van der Waals surface area contributed by atoms with Crippen molar-refractivity contribution in [2.75, 3.05) is 11.9 Å². The monoisotopic (exact) mass is 513 g/mol. The van der Waals surface area contributed by atoms with Crippen LogP contribution in [0.3, 0.4) is 0 Å². The SMILES string of the molecule is O=C(O)N[C@H](CNc1nnc(-c2cc3c(Cl)cncc3s2)s1)Cc1cccc(C(F)(F)F)c1. The van der Waals surface area contributed by atoms with E-state index in [2.05, 4.69) is 25.8 Å². The minimum absolute atomic E-state index is 0.0662. The lowest BCUT2D eigenvalue weighted by Crippen LogP contribution is -2.40. The van der Waals surface area contributed by atoms with Gasteiger partial charge in [-0.15, -0.1) is 21.5 Å². The van der Waals surface area contributed by atoms with Gasteiger partial charge in [-0.1, -0.05) is 41.1 Å². The molecule has 1 atom stereocenters. The molecule has 4 aromatic rings. The number of halogens is 4. The molecule has 3 aromatic heterocycles. The normalized spacial score (nSPS) is 12.6. The Balaban J connectivity index is 1.46. The van der Waals surface area contributed by atoms with Gasteiger partial charge in [0.2, 0.25) is 5.13 Å². The fourth-order valence-electron chi connectivity index (χ4n) is 3.15. The number of rotatable bonds is 7. The van der Waals surface area contributed by atoms with Gasteiger partial charge in [0.25, 0.3) is 0 Å². The molecule has 0 aliphatic heterocycles. The highest BCUT2D eigenvalue weighted by Gasteiger charge is 2.30. The van der Waals surface area contributed by atoms with E-state index in [9.17, 15) is 18.0 Å². The van der Waals surface area contributed by atoms with E-state index in [0.717, 1.165) is 27.1 Å². The number of benzene rings is 1. The van der Waals surface area contributed by atoms with Crippen molar-refractivity contribution >= 4 is 55.6 Å². The second-order valence-corrected chi connectivity index (χ2v) is 9.45. The maximum atomic E-state index is 13.0. The summed E-state index contributed by atoms with van der Waals surface area (Å²) in [6.07, 6.45) is -2.40. The van der Waals surface area contributed by atoms with E-state index in [1.807, 2.05) is 6.07 Å². The Hall–Kier alpha value is -2.96. The molecule has 0 bridgehead atoms. The number of hydrogen-bond acceptors (Lipinski definition) is 7. The Morgan fingerprint density at radius 1 is 1.18 bits per heavy atom. The summed E-state index contributed by atoms with van der Waals surface area (Å²) in [6.45, 7) is 0.110. The number of thiophene rings is 1. The number of pyridine rings is 1. The van der Waals surface area contributed by atoms with Crippen LogP contribution in [0.1, 0.15) is 11.1 Å². The summed E-state index contributed by atoms with van der Waals surface area (Å²) >= 11 is 8.91. The first-order valence-electron chi connectivity index (χ1n) is 9.45. The molecule has 0 spiro atoms. The molecule has 0 fully saturated rings. The van der Waals surface area contributed by atoms with Gasteiger partial charge >= 0.3 is 12.3 Å². The Labute approximate surface area is 198 Å². The molecule has 3 N–H and O–H groups in total. The Kier molecular flexibility index (Phi) is 6.68. The number of amides is 1. The molecule has 7 nitrogen and oxygen atoms in total. The van der Waals surface area contributed by atoms with Gasteiger partial charge in [-0.05, 0) is 24.1 Å². The maximum Gasteiger partial charge on any atom is 0.416 e.